The van der Waals surface area contributed by atoms with Gasteiger partial charge < -0.3 is 5.32 Å². The minimum Gasteiger partial charge on any atom is -0.306 e. The smallest absolute Gasteiger partial charge is 0.306 e. The minimum atomic E-state index is -0.691. The van der Waals surface area contributed by atoms with Crippen molar-refractivity contribution in [3.63, 3.8) is 0 Å². The molecule has 5 nitrogen and oxygen atoms in total. The van der Waals surface area contributed by atoms with Crippen molar-refractivity contribution in [3.05, 3.63) is 28.2 Å². The third-order valence-electron chi connectivity index (χ3n) is 1.92. The van der Waals surface area contributed by atoms with Gasteiger partial charge in [0, 0.05) is 16.8 Å². The van der Waals surface area contributed by atoms with E-state index in [1.54, 1.807) is 18.2 Å². The summed E-state index contributed by atoms with van der Waals surface area (Å²) in [6.07, 6.45) is 0.0560. The highest BCUT2D eigenvalue weighted by Gasteiger charge is 2.09. The zero-order valence-electron chi connectivity index (χ0n) is 9.17. The summed E-state index contributed by atoms with van der Waals surface area (Å²) in [5.41, 5.74) is 0.626. The molecular formula is C11H9BrClN3O2. The molecule has 0 bridgehead atoms. The summed E-state index contributed by atoms with van der Waals surface area (Å²) in [4.78, 5) is 22.6. The van der Waals surface area contributed by atoms with Gasteiger partial charge >= 0.3 is 6.03 Å². The molecule has 0 aliphatic heterocycles. The van der Waals surface area contributed by atoms with Crippen molar-refractivity contribution in [2.75, 3.05) is 11.2 Å². The topological polar surface area (TPSA) is 82.0 Å². The molecule has 0 saturated carbocycles. The number of imide groups is 1. The van der Waals surface area contributed by atoms with Crippen molar-refractivity contribution in [3.8, 4) is 6.07 Å². The van der Waals surface area contributed by atoms with Crippen LogP contribution in [-0.2, 0) is 4.79 Å². The van der Waals surface area contributed by atoms with E-state index in [1.807, 2.05) is 6.07 Å². The Labute approximate surface area is 117 Å². The second kappa shape index (κ2) is 6.99. The van der Waals surface area contributed by atoms with Gasteiger partial charge in [-0.25, -0.2) is 4.79 Å². The van der Waals surface area contributed by atoms with Crippen molar-refractivity contribution in [1.29, 1.82) is 5.26 Å². The predicted octanol–water partition coefficient (Wildman–Crippen LogP) is 2.60. The number of alkyl halides is 1. The number of urea groups is 1. The van der Waals surface area contributed by atoms with Crippen molar-refractivity contribution in [2.45, 2.75) is 6.42 Å². The maximum absolute atomic E-state index is 11.4. The van der Waals surface area contributed by atoms with Crippen molar-refractivity contribution in [1.82, 2.24) is 5.32 Å². The standard InChI is InChI=1S/C11H9BrClN3O2/c12-8-1-2-9(7(5-8)6-14)15-11(18)16-10(17)3-4-13/h1-2,5H,3-4H2,(H2,15,16,17,18). The molecule has 0 radical (unpaired) electrons. The van der Waals surface area contributed by atoms with Gasteiger partial charge in [0.1, 0.15) is 6.07 Å². The van der Waals surface area contributed by atoms with E-state index in [9.17, 15) is 9.59 Å². The molecule has 0 spiro atoms. The van der Waals surface area contributed by atoms with E-state index in [1.165, 1.54) is 0 Å². The van der Waals surface area contributed by atoms with Crippen LogP contribution in [0, 0.1) is 11.3 Å². The Kier molecular flexibility index (Phi) is 5.62. The zero-order valence-corrected chi connectivity index (χ0v) is 11.5. The van der Waals surface area contributed by atoms with Crippen molar-refractivity contribution in [2.24, 2.45) is 0 Å². The van der Waals surface area contributed by atoms with Crippen LogP contribution in [0.25, 0.3) is 0 Å². The molecule has 0 aromatic heterocycles. The first-order valence-corrected chi connectivity index (χ1v) is 6.26. The largest absolute Gasteiger partial charge is 0.325 e. The quantitative estimate of drug-likeness (QED) is 0.836. The summed E-state index contributed by atoms with van der Waals surface area (Å²) < 4.78 is 0.725. The number of benzene rings is 1. The number of carbonyl (C=O) groups is 2. The van der Waals surface area contributed by atoms with Gasteiger partial charge in [-0.05, 0) is 18.2 Å². The maximum atomic E-state index is 11.4. The average Bonchev–Trinajstić information content (AvgIpc) is 2.31. The third-order valence-corrected chi connectivity index (χ3v) is 2.61. The van der Waals surface area contributed by atoms with Gasteiger partial charge in [-0.2, -0.15) is 5.26 Å². The third kappa shape index (κ3) is 4.35. The summed E-state index contributed by atoms with van der Waals surface area (Å²) in [6.45, 7) is 0. The normalized spacial score (nSPS) is 9.39. The SMILES string of the molecule is N#Cc1cc(Br)ccc1NC(=O)NC(=O)CCCl. The van der Waals surface area contributed by atoms with Crippen LogP contribution in [0.15, 0.2) is 22.7 Å². The summed E-state index contributed by atoms with van der Waals surface area (Å²) in [7, 11) is 0. The first kappa shape index (κ1) is 14.5. The number of nitrogens with zero attached hydrogens (tertiary/aromatic N) is 1. The number of amides is 3. The van der Waals surface area contributed by atoms with E-state index in [0.29, 0.717) is 11.3 Å². The molecule has 94 valence electrons. The predicted molar refractivity (Wildman–Crippen MR) is 71.4 cm³/mol. The second-order valence-corrected chi connectivity index (χ2v) is 4.54. The van der Waals surface area contributed by atoms with Gasteiger partial charge in [0.05, 0.1) is 11.3 Å². The molecule has 0 heterocycles. The fourth-order valence-electron chi connectivity index (χ4n) is 1.15. The Bertz CT molecular complexity index is 514. The first-order chi connectivity index (χ1) is 8.56. The summed E-state index contributed by atoms with van der Waals surface area (Å²) in [5.74, 6) is -0.334. The number of carbonyl (C=O) groups excluding carboxylic acids is 2. The van der Waals surface area contributed by atoms with Gasteiger partial charge in [-0.15, -0.1) is 11.6 Å². The number of rotatable bonds is 3. The molecule has 3 amide bonds. The van der Waals surface area contributed by atoms with Gasteiger partial charge in [-0.3, -0.25) is 10.1 Å². The van der Waals surface area contributed by atoms with Crippen LogP contribution in [0.1, 0.15) is 12.0 Å². The number of nitrogens with one attached hydrogen (secondary N) is 2. The Hall–Kier alpha value is -1.58. The lowest BCUT2D eigenvalue weighted by atomic mass is 10.2. The zero-order chi connectivity index (χ0) is 13.5. The van der Waals surface area contributed by atoms with Gasteiger partial charge in [-0.1, -0.05) is 15.9 Å². The molecule has 1 rings (SSSR count). The number of anilines is 1. The molecular weight excluding hydrogens is 321 g/mol. The molecule has 0 unspecified atom stereocenters. The van der Waals surface area contributed by atoms with E-state index >= 15 is 0 Å². The molecule has 1 aromatic carbocycles. The van der Waals surface area contributed by atoms with Crippen molar-refractivity contribution >= 4 is 45.2 Å². The van der Waals surface area contributed by atoms with E-state index in [4.69, 9.17) is 16.9 Å². The maximum Gasteiger partial charge on any atom is 0.325 e. The highest BCUT2D eigenvalue weighted by molar-refractivity contribution is 9.10. The molecule has 18 heavy (non-hydrogen) atoms. The lowest BCUT2D eigenvalue weighted by Gasteiger charge is -2.07. The van der Waals surface area contributed by atoms with Crippen LogP contribution in [0.2, 0.25) is 0 Å². The monoisotopic (exact) mass is 329 g/mol. The van der Waals surface area contributed by atoms with Crippen LogP contribution < -0.4 is 10.6 Å². The van der Waals surface area contributed by atoms with Gasteiger partial charge in [0.2, 0.25) is 5.91 Å². The van der Waals surface area contributed by atoms with Crippen LogP contribution >= 0.6 is 27.5 Å². The van der Waals surface area contributed by atoms with Gasteiger partial charge in [0.25, 0.3) is 0 Å². The van der Waals surface area contributed by atoms with Crippen LogP contribution in [0.4, 0.5) is 10.5 Å². The number of hydrogen-bond donors (Lipinski definition) is 2. The number of halogens is 2. The highest BCUT2D eigenvalue weighted by Crippen LogP contribution is 2.20. The molecule has 0 aliphatic carbocycles. The number of hydrogen-bond acceptors (Lipinski definition) is 3. The lowest BCUT2D eigenvalue weighted by molar-refractivity contribution is -0.119. The average molecular weight is 331 g/mol. The highest BCUT2D eigenvalue weighted by atomic mass is 79.9. The van der Waals surface area contributed by atoms with E-state index in [-0.39, 0.29) is 12.3 Å². The Morgan fingerprint density at radius 2 is 2.17 bits per heavy atom. The van der Waals surface area contributed by atoms with Gasteiger partial charge in [0.15, 0.2) is 0 Å². The molecule has 0 fully saturated rings. The fourth-order valence-corrected chi connectivity index (χ4v) is 1.68. The van der Waals surface area contributed by atoms with Crippen LogP contribution in [0.5, 0.6) is 0 Å². The number of nitriles is 1. The van der Waals surface area contributed by atoms with E-state index in [0.717, 1.165) is 4.47 Å². The minimum absolute atomic E-state index is 0.0560. The first-order valence-electron chi connectivity index (χ1n) is 4.93. The van der Waals surface area contributed by atoms with Crippen molar-refractivity contribution < 1.29 is 9.59 Å². The second-order valence-electron chi connectivity index (χ2n) is 3.24. The van der Waals surface area contributed by atoms with Crippen LogP contribution in [-0.4, -0.2) is 17.8 Å². The summed E-state index contributed by atoms with van der Waals surface area (Å²) in [5, 5.41) is 13.4. The molecule has 0 atom stereocenters. The fraction of sp³-hybridized carbons (Fsp3) is 0.182. The Morgan fingerprint density at radius 3 is 2.78 bits per heavy atom. The summed E-state index contributed by atoms with van der Waals surface area (Å²) >= 11 is 8.58. The van der Waals surface area contributed by atoms with E-state index < -0.39 is 11.9 Å². The molecule has 0 saturated heterocycles. The Balaban J connectivity index is 2.71. The summed E-state index contributed by atoms with van der Waals surface area (Å²) in [6, 6.07) is 6.06. The Morgan fingerprint density at radius 1 is 1.44 bits per heavy atom. The lowest BCUT2D eigenvalue weighted by Crippen LogP contribution is -2.34. The molecule has 0 aliphatic rings. The molecule has 7 heteroatoms. The molecule has 2 N–H and O–H groups in total. The molecule has 1 aromatic rings. The van der Waals surface area contributed by atoms with E-state index in [2.05, 4.69) is 26.6 Å². The van der Waals surface area contributed by atoms with Crippen LogP contribution in [0.3, 0.4) is 0 Å².